The van der Waals surface area contributed by atoms with Crippen molar-refractivity contribution in [3.63, 3.8) is 0 Å². The Balaban J connectivity index is 3.02. The van der Waals surface area contributed by atoms with Crippen molar-refractivity contribution >= 4 is 27.9 Å². The maximum Gasteiger partial charge on any atom is 0.0693 e. The van der Waals surface area contributed by atoms with Gasteiger partial charge in [-0.05, 0) is 35.7 Å². The summed E-state index contributed by atoms with van der Waals surface area (Å²) in [5.41, 5.74) is 0.862. The molecule has 1 aromatic rings. The zero-order valence-electron chi connectivity index (χ0n) is 5.75. The molecule has 0 saturated carbocycles. The first-order valence-electron chi connectivity index (χ1n) is 3.04. The average Bonchev–Trinajstić information content (AvgIpc) is 2.05. The second kappa shape index (κ2) is 4.11. The average molecular weight is 234 g/mol. The molecular weight excluding hydrogens is 226 g/mol. The van der Waals surface area contributed by atoms with E-state index < -0.39 is 0 Å². The van der Waals surface area contributed by atoms with Crippen LogP contribution in [0.15, 0.2) is 27.6 Å². The Labute approximate surface area is 78.1 Å². The van der Waals surface area contributed by atoms with Crippen LogP contribution in [0.25, 0.3) is 0 Å². The van der Waals surface area contributed by atoms with E-state index >= 15 is 0 Å². The van der Waals surface area contributed by atoms with Crippen LogP contribution in [0.5, 0.6) is 0 Å². The summed E-state index contributed by atoms with van der Waals surface area (Å²) in [7, 11) is 0. The summed E-state index contributed by atoms with van der Waals surface area (Å²) in [5.74, 6) is 0. The molecule has 11 heavy (non-hydrogen) atoms. The molecule has 4 heteroatoms. The van der Waals surface area contributed by atoms with Gasteiger partial charge in [-0.2, -0.15) is 0 Å². The van der Waals surface area contributed by atoms with Crippen molar-refractivity contribution in [2.75, 3.05) is 0 Å². The zero-order chi connectivity index (χ0) is 8.27. The van der Waals surface area contributed by atoms with Crippen LogP contribution in [0.3, 0.4) is 0 Å². The van der Waals surface area contributed by atoms with Gasteiger partial charge in [0.2, 0.25) is 0 Å². The number of nitrogens with two attached hydrogens (primary N) is 1. The quantitative estimate of drug-likeness (QED) is 0.768. The molecule has 0 aliphatic rings. The largest absolute Gasteiger partial charge is 0.392 e. The second-order valence-corrected chi connectivity index (χ2v) is 3.59. The van der Waals surface area contributed by atoms with Gasteiger partial charge in [0, 0.05) is 9.37 Å². The maximum absolute atomic E-state index is 8.86. The second-order valence-electron chi connectivity index (χ2n) is 2.03. The van der Waals surface area contributed by atoms with Crippen LogP contribution in [0.2, 0.25) is 0 Å². The van der Waals surface area contributed by atoms with Crippen molar-refractivity contribution in [3.05, 3.63) is 28.2 Å². The van der Waals surface area contributed by atoms with Crippen LogP contribution >= 0.6 is 27.9 Å². The van der Waals surface area contributed by atoms with Crippen LogP contribution in [-0.4, -0.2) is 5.11 Å². The molecule has 0 atom stereocenters. The number of hydrogen-bond acceptors (Lipinski definition) is 3. The minimum absolute atomic E-state index is 0.0367. The summed E-state index contributed by atoms with van der Waals surface area (Å²) in [6.07, 6.45) is 0. The summed E-state index contributed by atoms with van der Waals surface area (Å²) < 4.78 is 0.915. The Morgan fingerprint density at radius 1 is 1.55 bits per heavy atom. The van der Waals surface area contributed by atoms with Gasteiger partial charge in [0.25, 0.3) is 0 Å². The lowest BCUT2D eigenvalue weighted by molar-refractivity contribution is 0.281. The van der Waals surface area contributed by atoms with E-state index in [1.54, 1.807) is 0 Å². The Morgan fingerprint density at radius 3 is 2.82 bits per heavy atom. The Morgan fingerprint density at radius 2 is 2.27 bits per heavy atom. The van der Waals surface area contributed by atoms with E-state index in [0.29, 0.717) is 0 Å². The monoisotopic (exact) mass is 233 g/mol. The first-order valence-corrected chi connectivity index (χ1v) is 4.71. The van der Waals surface area contributed by atoms with Gasteiger partial charge >= 0.3 is 0 Å². The lowest BCUT2D eigenvalue weighted by Gasteiger charge is -2.01. The number of rotatable bonds is 2. The van der Waals surface area contributed by atoms with Crippen LogP contribution in [-0.2, 0) is 6.61 Å². The van der Waals surface area contributed by atoms with Gasteiger partial charge in [-0.15, -0.1) is 0 Å². The fourth-order valence-corrected chi connectivity index (χ4v) is 1.47. The Bertz CT molecular complexity index is 254. The molecule has 0 unspecified atom stereocenters. The highest BCUT2D eigenvalue weighted by atomic mass is 79.9. The molecule has 0 amide bonds. The topological polar surface area (TPSA) is 46.2 Å². The summed E-state index contributed by atoms with van der Waals surface area (Å²) >= 11 is 4.48. The molecule has 0 aliphatic carbocycles. The van der Waals surface area contributed by atoms with E-state index in [9.17, 15) is 0 Å². The molecule has 1 aromatic carbocycles. The highest BCUT2D eigenvalue weighted by Gasteiger charge is 1.98. The van der Waals surface area contributed by atoms with E-state index in [4.69, 9.17) is 10.2 Å². The van der Waals surface area contributed by atoms with Crippen LogP contribution in [0.1, 0.15) is 5.56 Å². The third kappa shape index (κ3) is 2.20. The standard InChI is InChI=1S/C7H8BrNOS/c8-7-2-1-6(11-9)3-5(7)4-10/h1-3,10H,4,9H2. The molecule has 0 bridgehead atoms. The van der Waals surface area contributed by atoms with E-state index in [2.05, 4.69) is 15.9 Å². The minimum atomic E-state index is 0.0367. The molecule has 2 nitrogen and oxygen atoms in total. The van der Waals surface area contributed by atoms with Crippen molar-refractivity contribution in [1.82, 2.24) is 0 Å². The Hall–Kier alpha value is -0.0300. The molecule has 0 aromatic heterocycles. The van der Waals surface area contributed by atoms with Crippen molar-refractivity contribution in [1.29, 1.82) is 0 Å². The van der Waals surface area contributed by atoms with Crippen LogP contribution < -0.4 is 5.14 Å². The molecule has 60 valence electrons. The third-order valence-corrected chi connectivity index (χ3v) is 2.62. The first kappa shape index (κ1) is 9.06. The summed E-state index contributed by atoms with van der Waals surface area (Å²) in [6.45, 7) is 0.0367. The normalized spacial score (nSPS) is 10.1. The van der Waals surface area contributed by atoms with E-state index in [1.807, 2.05) is 18.2 Å². The van der Waals surface area contributed by atoms with Crippen molar-refractivity contribution in [3.8, 4) is 0 Å². The van der Waals surface area contributed by atoms with Gasteiger partial charge < -0.3 is 5.11 Å². The lowest BCUT2D eigenvalue weighted by Crippen LogP contribution is -1.87. The van der Waals surface area contributed by atoms with Gasteiger partial charge in [0.05, 0.1) is 6.61 Å². The number of aliphatic hydroxyl groups excluding tert-OH is 1. The Kier molecular flexibility index (Phi) is 3.39. The summed E-state index contributed by atoms with van der Waals surface area (Å²) in [4.78, 5) is 0.956. The maximum atomic E-state index is 8.86. The zero-order valence-corrected chi connectivity index (χ0v) is 8.15. The van der Waals surface area contributed by atoms with Crippen molar-refractivity contribution in [2.24, 2.45) is 5.14 Å². The first-order chi connectivity index (χ1) is 5.27. The van der Waals surface area contributed by atoms with Gasteiger partial charge in [0.15, 0.2) is 0 Å². The smallest absolute Gasteiger partial charge is 0.0693 e. The molecule has 0 fully saturated rings. The third-order valence-electron chi connectivity index (χ3n) is 1.32. The predicted octanol–water partition coefficient (Wildman–Crippen LogP) is 1.91. The number of hydrogen-bond donors (Lipinski definition) is 2. The molecule has 0 heterocycles. The van der Waals surface area contributed by atoms with Crippen LogP contribution in [0, 0.1) is 0 Å². The number of benzene rings is 1. The minimum Gasteiger partial charge on any atom is -0.392 e. The highest BCUT2D eigenvalue weighted by molar-refractivity contribution is 9.10. The van der Waals surface area contributed by atoms with Gasteiger partial charge in [-0.3, -0.25) is 5.14 Å². The molecule has 3 N–H and O–H groups in total. The van der Waals surface area contributed by atoms with Gasteiger partial charge in [-0.1, -0.05) is 15.9 Å². The molecule has 0 aliphatic heterocycles. The molecule has 0 saturated heterocycles. The molecule has 0 spiro atoms. The fourth-order valence-electron chi connectivity index (χ4n) is 0.746. The van der Waals surface area contributed by atoms with Gasteiger partial charge in [-0.25, -0.2) is 0 Å². The van der Waals surface area contributed by atoms with E-state index in [1.165, 1.54) is 11.9 Å². The number of aliphatic hydroxyl groups is 1. The van der Waals surface area contributed by atoms with Gasteiger partial charge in [0.1, 0.15) is 0 Å². The van der Waals surface area contributed by atoms with Crippen molar-refractivity contribution < 1.29 is 5.11 Å². The highest BCUT2D eigenvalue weighted by Crippen LogP contribution is 2.21. The molecule has 1 rings (SSSR count). The van der Waals surface area contributed by atoms with E-state index in [-0.39, 0.29) is 6.61 Å². The SMILES string of the molecule is NSc1ccc(Br)c(CO)c1. The molecule has 0 radical (unpaired) electrons. The van der Waals surface area contributed by atoms with E-state index in [0.717, 1.165) is 14.9 Å². The summed E-state index contributed by atoms with van der Waals surface area (Å²) in [6, 6.07) is 5.63. The summed E-state index contributed by atoms with van der Waals surface area (Å²) in [5, 5.41) is 14.2. The molecular formula is C7H8BrNOS. The lowest BCUT2D eigenvalue weighted by atomic mass is 10.2. The van der Waals surface area contributed by atoms with Crippen molar-refractivity contribution in [2.45, 2.75) is 11.5 Å². The van der Waals surface area contributed by atoms with Crippen LogP contribution in [0.4, 0.5) is 0 Å². The number of halogens is 1. The fraction of sp³-hybridized carbons (Fsp3) is 0.143. The predicted molar refractivity (Wildman–Crippen MR) is 50.1 cm³/mol.